The molecule has 174 valence electrons. The van der Waals surface area contributed by atoms with Gasteiger partial charge in [0, 0.05) is 11.8 Å². The first kappa shape index (κ1) is 22.9. The summed E-state index contributed by atoms with van der Waals surface area (Å²) in [6, 6.07) is 24.9. The Morgan fingerprint density at radius 1 is 0.943 bits per heavy atom. The number of amides is 1. The number of halogens is 2. The minimum absolute atomic E-state index is 0.252. The van der Waals surface area contributed by atoms with E-state index in [2.05, 4.69) is 10.4 Å². The van der Waals surface area contributed by atoms with Crippen molar-refractivity contribution in [1.82, 2.24) is 19.6 Å². The van der Waals surface area contributed by atoms with Gasteiger partial charge in [0.15, 0.2) is 0 Å². The molecule has 0 aliphatic carbocycles. The molecule has 0 atom stereocenters. The number of nitrogens with one attached hydrogen (secondary N) is 1. The predicted octanol–water partition coefficient (Wildman–Crippen LogP) is 6.65. The van der Waals surface area contributed by atoms with Gasteiger partial charge in [-0.25, -0.2) is 4.68 Å². The number of anilines is 1. The van der Waals surface area contributed by atoms with Gasteiger partial charge in [-0.05, 0) is 36.8 Å². The molecule has 35 heavy (non-hydrogen) atoms. The minimum Gasteiger partial charge on any atom is -0.319 e. The summed E-state index contributed by atoms with van der Waals surface area (Å²) < 4.78 is 3.53. The number of carbonyl (C=O) groups excluding carboxylic acids is 1. The summed E-state index contributed by atoms with van der Waals surface area (Å²) in [7, 11) is 0. The standard InChI is InChI=1S/C27H21Cl2N5O/c1-18-25(26(20-8-4-2-5-9-20)32-34(18)22-10-6-3-7-11-22)27(35)31-21-15-30-33(17-21)16-19-12-13-23(28)24(29)14-19/h2-15,17H,16H2,1H3,(H,31,35). The predicted molar refractivity (Wildman–Crippen MR) is 139 cm³/mol. The molecule has 8 heteroatoms. The molecule has 0 spiro atoms. The average Bonchev–Trinajstić information content (AvgIpc) is 3.46. The van der Waals surface area contributed by atoms with Gasteiger partial charge in [0.2, 0.25) is 0 Å². The molecule has 0 radical (unpaired) electrons. The van der Waals surface area contributed by atoms with E-state index in [1.165, 1.54) is 0 Å². The van der Waals surface area contributed by atoms with Gasteiger partial charge >= 0.3 is 0 Å². The van der Waals surface area contributed by atoms with Crippen molar-refractivity contribution in [3.63, 3.8) is 0 Å². The second-order valence-corrected chi connectivity index (χ2v) is 8.87. The zero-order valence-electron chi connectivity index (χ0n) is 18.8. The summed E-state index contributed by atoms with van der Waals surface area (Å²) in [4.78, 5) is 13.5. The number of carbonyl (C=O) groups is 1. The molecule has 0 saturated heterocycles. The van der Waals surface area contributed by atoms with Crippen LogP contribution in [0.5, 0.6) is 0 Å². The molecule has 0 aliphatic rings. The van der Waals surface area contributed by atoms with Crippen LogP contribution in [-0.4, -0.2) is 25.5 Å². The summed E-state index contributed by atoms with van der Waals surface area (Å²) in [6.07, 6.45) is 3.40. The van der Waals surface area contributed by atoms with Crippen LogP contribution in [0.4, 0.5) is 5.69 Å². The van der Waals surface area contributed by atoms with Crippen molar-refractivity contribution >= 4 is 34.8 Å². The van der Waals surface area contributed by atoms with E-state index in [-0.39, 0.29) is 5.91 Å². The molecule has 2 aromatic heterocycles. The van der Waals surface area contributed by atoms with Gasteiger partial charge in [-0.15, -0.1) is 0 Å². The summed E-state index contributed by atoms with van der Waals surface area (Å²) in [5.74, 6) is -0.252. The smallest absolute Gasteiger partial charge is 0.259 e. The third-order valence-corrected chi connectivity index (χ3v) is 6.35. The largest absolute Gasteiger partial charge is 0.319 e. The number of aromatic nitrogens is 4. The average molecular weight is 502 g/mol. The van der Waals surface area contributed by atoms with Crippen LogP contribution in [-0.2, 0) is 6.54 Å². The molecular weight excluding hydrogens is 481 g/mol. The fourth-order valence-corrected chi connectivity index (χ4v) is 4.25. The third-order valence-electron chi connectivity index (χ3n) is 5.61. The number of nitrogens with zero attached hydrogens (tertiary/aromatic N) is 4. The van der Waals surface area contributed by atoms with Gasteiger partial charge in [0.25, 0.3) is 5.91 Å². The van der Waals surface area contributed by atoms with E-state index in [9.17, 15) is 4.79 Å². The zero-order chi connectivity index (χ0) is 24.4. The van der Waals surface area contributed by atoms with Gasteiger partial charge in [-0.3, -0.25) is 9.48 Å². The highest BCUT2D eigenvalue weighted by Gasteiger charge is 2.23. The zero-order valence-corrected chi connectivity index (χ0v) is 20.3. The van der Waals surface area contributed by atoms with Crippen LogP contribution < -0.4 is 5.32 Å². The van der Waals surface area contributed by atoms with Crippen molar-refractivity contribution in [3.05, 3.63) is 118 Å². The number of benzene rings is 3. The van der Waals surface area contributed by atoms with E-state index in [1.54, 1.807) is 33.9 Å². The van der Waals surface area contributed by atoms with Crippen LogP contribution in [0.2, 0.25) is 10.0 Å². The van der Waals surface area contributed by atoms with Crippen molar-refractivity contribution in [2.24, 2.45) is 0 Å². The Morgan fingerprint density at radius 2 is 1.66 bits per heavy atom. The van der Waals surface area contributed by atoms with E-state index < -0.39 is 0 Å². The molecule has 1 amide bonds. The van der Waals surface area contributed by atoms with E-state index in [0.717, 1.165) is 22.5 Å². The SMILES string of the molecule is Cc1c(C(=O)Nc2cnn(Cc3ccc(Cl)c(Cl)c3)c2)c(-c2ccccc2)nn1-c1ccccc1. The molecule has 5 rings (SSSR count). The molecule has 0 saturated carbocycles. The first-order valence-corrected chi connectivity index (χ1v) is 11.7. The van der Waals surface area contributed by atoms with Crippen molar-refractivity contribution in [2.75, 3.05) is 5.32 Å². The Labute approximate surface area is 212 Å². The molecule has 5 aromatic rings. The Balaban J connectivity index is 1.44. The third kappa shape index (κ3) is 4.85. The molecule has 2 heterocycles. The number of hydrogen-bond acceptors (Lipinski definition) is 3. The van der Waals surface area contributed by atoms with Crippen molar-refractivity contribution < 1.29 is 4.79 Å². The summed E-state index contributed by atoms with van der Waals surface area (Å²) in [5.41, 5.74) is 5.16. The normalized spacial score (nSPS) is 10.9. The molecule has 0 unspecified atom stereocenters. The van der Waals surface area contributed by atoms with Crippen molar-refractivity contribution in [1.29, 1.82) is 0 Å². The van der Waals surface area contributed by atoms with Crippen LogP contribution in [0, 0.1) is 6.92 Å². The minimum atomic E-state index is -0.252. The quantitative estimate of drug-likeness (QED) is 0.283. The highest BCUT2D eigenvalue weighted by molar-refractivity contribution is 6.42. The van der Waals surface area contributed by atoms with E-state index in [0.29, 0.717) is 33.5 Å². The Kier molecular flexibility index (Phi) is 6.40. The first-order chi connectivity index (χ1) is 17.0. The maximum absolute atomic E-state index is 13.5. The lowest BCUT2D eigenvalue weighted by molar-refractivity contribution is 0.102. The van der Waals surface area contributed by atoms with Crippen LogP contribution in [0.15, 0.2) is 91.3 Å². The van der Waals surface area contributed by atoms with Crippen LogP contribution in [0.1, 0.15) is 21.6 Å². The monoisotopic (exact) mass is 501 g/mol. The molecule has 0 fully saturated rings. The Hall–Kier alpha value is -3.87. The molecule has 6 nitrogen and oxygen atoms in total. The molecular formula is C27H21Cl2N5O. The molecule has 0 bridgehead atoms. The van der Waals surface area contributed by atoms with Gasteiger partial charge in [0.05, 0.1) is 45.4 Å². The van der Waals surface area contributed by atoms with Gasteiger partial charge in [0.1, 0.15) is 5.69 Å². The number of para-hydroxylation sites is 1. The second-order valence-electron chi connectivity index (χ2n) is 8.05. The van der Waals surface area contributed by atoms with Crippen molar-refractivity contribution in [3.8, 4) is 16.9 Å². The first-order valence-electron chi connectivity index (χ1n) is 11.0. The number of rotatable bonds is 6. The lowest BCUT2D eigenvalue weighted by atomic mass is 10.1. The highest BCUT2D eigenvalue weighted by atomic mass is 35.5. The van der Waals surface area contributed by atoms with E-state index in [4.69, 9.17) is 28.3 Å². The highest BCUT2D eigenvalue weighted by Crippen LogP contribution is 2.28. The van der Waals surface area contributed by atoms with Crippen LogP contribution in [0.25, 0.3) is 16.9 Å². The van der Waals surface area contributed by atoms with Gasteiger partial charge < -0.3 is 5.32 Å². The van der Waals surface area contributed by atoms with E-state index >= 15 is 0 Å². The maximum Gasteiger partial charge on any atom is 0.259 e. The number of hydrogen-bond donors (Lipinski definition) is 1. The summed E-state index contributed by atoms with van der Waals surface area (Å²) in [6.45, 7) is 2.39. The molecule has 1 N–H and O–H groups in total. The maximum atomic E-state index is 13.5. The molecule has 0 aliphatic heterocycles. The van der Waals surface area contributed by atoms with E-state index in [1.807, 2.05) is 73.7 Å². The molecule has 3 aromatic carbocycles. The fraction of sp³-hybridized carbons (Fsp3) is 0.0741. The topological polar surface area (TPSA) is 64.7 Å². The van der Waals surface area contributed by atoms with Crippen molar-refractivity contribution in [2.45, 2.75) is 13.5 Å². The van der Waals surface area contributed by atoms with Gasteiger partial charge in [-0.1, -0.05) is 77.8 Å². The van der Waals surface area contributed by atoms with Crippen LogP contribution >= 0.6 is 23.2 Å². The lowest BCUT2D eigenvalue weighted by Crippen LogP contribution is -2.13. The summed E-state index contributed by atoms with van der Waals surface area (Å²) in [5, 5.41) is 13.1. The van der Waals surface area contributed by atoms with Gasteiger partial charge in [-0.2, -0.15) is 10.2 Å². The summed E-state index contributed by atoms with van der Waals surface area (Å²) >= 11 is 12.1. The second kappa shape index (κ2) is 9.78. The Bertz CT molecular complexity index is 1490. The Morgan fingerprint density at radius 3 is 2.37 bits per heavy atom. The fourth-order valence-electron chi connectivity index (χ4n) is 3.93. The lowest BCUT2D eigenvalue weighted by Gasteiger charge is -2.06. The van der Waals surface area contributed by atoms with Crippen LogP contribution in [0.3, 0.4) is 0 Å².